The highest BCUT2D eigenvalue weighted by atomic mass is 16.6. The second kappa shape index (κ2) is 9.05. The van der Waals surface area contributed by atoms with Gasteiger partial charge in [0.2, 0.25) is 5.78 Å². The Morgan fingerprint density at radius 1 is 1.20 bits per heavy atom. The molecule has 236 valence electrons. The number of aromatic hydroxyl groups is 1. The zero-order valence-corrected chi connectivity index (χ0v) is 26.4. The van der Waals surface area contributed by atoms with Crippen LogP contribution in [-0.2, 0) is 30.9 Å². The molecule has 3 heterocycles. The molecule has 44 heavy (non-hydrogen) atoms. The van der Waals surface area contributed by atoms with Gasteiger partial charge in [-0.05, 0) is 47.1 Å². The maximum Gasteiger partial charge on any atom is 0.330 e. The fourth-order valence-corrected chi connectivity index (χ4v) is 8.08. The van der Waals surface area contributed by atoms with Crippen LogP contribution in [0.25, 0.3) is 0 Å². The van der Waals surface area contributed by atoms with E-state index in [1.165, 1.54) is 26.2 Å². The van der Waals surface area contributed by atoms with Gasteiger partial charge in [-0.15, -0.1) is 0 Å². The molecule has 0 radical (unpaired) electrons. The van der Waals surface area contributed by atoms with Gasteiger partial charge in [-0.1, -0.05) is 32.1 Å². The van der Waals surface area contributed by atoms with Gasteiger partial charge in [0.05, 0.1) is 11.7 Å². The van der Waals surface area contributed by atoms with Crippen LogP contribution in [0.5, 0.6) is 17.2 Å². The lowest BCUT2D eigenvalue weighted by Gasteiger charge is -2.59. The molecule has 1 unspecified atom stereocenters. The first-order chi connectivity index (χ1) is 20.3. The number of aliphatic carboxylic acids is 1. The van der Waals surface area contributed by atoms with Crippen LogP contribution in [0, 0.1) is 5.92 Å². The largest absolute Gasteiger partial charge is 0.507 e. The van der Waals surface area contributed by atoms with Crippen molar-refractivity contribution in [1.29, 1.82) is 0 Å². The average Bonchev–Trinajstić information content (AvgIpc) is 3.27. The number of carbonyl (C=O) groups is 3. The average molecular weight is 609 g/mol. The molecule has 10 nitrogen and oxygen atoms in total. The third-order valence-electron chi connectivity index (χ3n) is 10.9. The third-order valence-corrected chi connectivity index (χ3v) is 10.9. The first kappa shape index (κ1) is 30.6. The number of aliphatic hydroxyl groups is 1. The van der Waals surface area contributed by atoms with E-state index in [1.807, 2.05) is 34.6 Å². The van der Waals surface area contributed by atoms with Gasteiger partial charge >= 0.3 is 5.97 Å². The Hall–Kier alpha value is -3.47. The SMILES string of the molecule is C=C(C)C(O)Cc1c(O)c2c(c3c1O[C@@H](C)C3(C)C)O[C@@]13C(=C[C@@]4(OC)C[C@@H]1C(C)(C)O[C@]3(C/C=C(\C)C(=O)O)C4=O)C2=O. The van der Waals surface area contributed by atoms with Crippen LogP contribution in [0.1, 0.15) is 82.8 Å². The summed E-state index contributed by atoms with van der Waals surface area (Å²) in [4.78, 5) is 41.2. The normalized spacial score (nSPS) is 34.4. The number of benzene rings is 1. The predicted molar refractivity (Wildman–Crippen MR) is 158 cm³/mol. The second-order valence-corrected chi connectivity index (χ2v) is 14.1. The number of aliphatic hydroxyl groups excluding tert-OH is 1. The quantitative estimate of drug-likeness (QED) is 0.305. The van der Waals surface area contributed by atoms with Crippen LogP contribution >= 0.6 is 0 Å². The molecular weight excluding hydrogens is 568 g/mol. The summed E-state index contributed by atoms with van der Waals surface area (Å²) in [6.45, 7) is 16.4. The number of ketones is 2. The monoisotopic (exact) mass is 608 g/mol. The molecular formula is C34H40O10. The summed E-state index contributed by atoms with van der Waals surface area (Å²) in [5.74, 6) is -2.64. The highest BCUT2D eigenvalue weighted by Gasteiger charge is 2.84. The highest BCUT2D eigenvalue weighted by Crippen LogP contribution is 2.70. The molecule has 1 spiro atoms. The third kappa shape index (κ3) is 3.44. The van der Waals surface area contributed by atoms with Crippen LogP contribution in [0.15, 0.2) is 35.5 Å². The Morgan fingerprint density at radius 2 is 1.86 bits per heavy atom. The van der Waals surface area contributed by atoms with Crippen LogP contribution < -0.4 is 9.47 Å². The number of ether oxygens (including phenoxy) is 4. The molecule has 0 aromatic heterocycles. The van der Waals surface area contributed by atoms with Crippen LogP contribution in [0.2, 0.25) is 0 Å². The molecule has 2 fully saturated rings. The van der Waals surface area contributed by atoms with Crippen molar-refractivity contribution in [2.24, 2.45) is 5.92 Å². The molecule has 3 aliphatic heterocycles. The second-order valence-electron chi connectivity index (χ2n) is 14.1. The zero-order valence-electron chi connectivity index (χ0n) is 26.4. The minimum Gasteiger partial charge on any atom is -0.507 e. The van der Waals surface area contributed by atoms with Crippen molar-refractivity contribution in [3.8, 4) is 17.2 Å². The summed E-state index contributed by atoms with van der Waals surface area (Å²) < 4.78 is 26.0. The maximum absolute atomic E-state index is 14.8. The van der Waals surface area contributed by atoms with Gasteiger partial charge in [0.1, 0.15) is 34.5 Å². The molecule has 10 heteroatoms. The lowest BCUT2D eigenvalue weighted by Crippen LogP contribution is -2.77. The Labute approximate surface area is 256 Å². The number of carboxylic acids is 1. The number of carbonyl (C=O) groups excluding carboxylic acids is 2. The molecule has 1 aromatic rings. The van der Waals surface area contributed by atoms with Gasteiger partial charge < -0.3 is 34.3 Å². The maximum atomic E-state index is 14.8. The number of methoxy groups -OCH3 is 1. The minimum absolute atomic E-state index is 0.0111. The molecule has 6 aliphatic rings. The van der Waals surface area contributed by atoms with Gasteiger partial charge in [-0.25, -0.2) is 4.79 Å². The van der Waals surface area contributed by atoms with E-state index in [2.05, 4.69) is 6.58 Å². The van der Waals surface area contributed by atoms with Crippen molar-refractivity contribution in [1.82, 2.24) is 0 Å². The molecule has 7 rings (SSSR count). The van der Waals surface area contributed by atoms with Crippen LogP contribution in [0.4, 0.5) is 0 Å². The molecule has 1 aromatic carbocycles. The first-order valence-electron chi connectivity index (χ1n) is 14.9. The molecule has 1 saturated heterocycles. The first-order valence-corrected chi connectivity index (χ1v) is 14.9. The van der Waals surface area contributed by atoms with E-state index in [0.717, 1.165) is 0 Å². The van der Waals surface area contributed by atoms with Crippen molar-refractivity contribution < 1.29 is 48.7 Å². The van der Waals surface area contributed by atoms with E-state index >= 15 is 0 Å². The number of phenols is 1. The summed E-state index contributed by atoms with van der Waals surface area (Å²) in [7, 11) is 1.40. The van der Waals surface area contributed by atoms with E-state index in [0.29, 0.717) is 16.9 Å². The summed E-state index contributed by atoms with van der Waals surface area (Å²) >= 11 is 0. The lowest BCUT2D eigenvalue weighted by molar-refractivity contribution is -0.190. The fraction of sp³-hybridized carbons (Fsp3) is 0.559. The number of phenolic OH excluding ortho intramolecular Hbond substituents is 1. The molecule has 6 atom stereocenters. The summed E-state index contributed by atoms with van der Waals surface area (Å²) in [6.07, 6.45) is 1.50. The number of hydrogen-bond acceptors (Lipinski definition) is 9. The van der Waals surface area contributed by atoms with Gasteiger partial charge in [0.25, 0.3) is 0 Å². The smallest absolute Gasteiger partial charge is 0.330 e. The molecule has 1 saturated carbocycles. The van der Waals surface area contributed by atoms with Crippen LogP contribution in [-0.4, -0.2) is 74.6 Å². The van der Waals surface area contributed by atoms with Gasteiger partial charge in [0.15, 0.2) is 17.0 Å². The standard InChI is InChI=1S/C34H40O10/c1-15(2)20(35)12-18-24(36)22-25(37)19-13-32(41-9)14-21-31(7,8)44-33(29(32)40,11-10-16(3)28(38)39)34(19,21)43-27(22)23-26(18)42-17(4)30(23,5)6/h10,13,17,20-21,35-36H,1,11-12,14H2,2-9H3,(H,38,39)/b16-10+/t17-,20?,21+,32+,33+,34-/m0/s1. The number of Topliss-reactive ketones (excluding diaryl/α,β-unsaturated/α-hetero) is 2. The van der Waals surface area contributed by atoms with E-state index in [1.54, 1.807) is 6.92 Å². The van der Waals surface area contributed by atoms with E-state index in [9.17, 15) is 29.7 Å². The fourth-order valence-electron chi connectivity index (χ4n) is 8.08. The number of hydrogen-bond donors (Lipinski definition) is 3. The van der Waals surface area contributed by atoms with E-state index in [4.69, 9.17) is 18.9 Å². The Morgan fingerprint density at radius 3 is 2.45 bits per heavy atom. The van der Waals surface area contributed by atoms with Gasteiger partial charge in [-0.3, -0.25) is 9.59 Å². The molecule has 4 bridgehead atoms. The summed E-state index contributed by atoms with van der Waals surface area (Å²) in [5, 5.41) is 32.2. The Balaban J connectivity index is 1.69. The molecule has 3 N–H and O–H groups in total. The van der Waals surface area contributed by atoms with Crippen molar-refractivity contribution >= 4 is 17.5 Å². The van der Waals surface area contributed by atoms with Gasteiger partial charge in [0, 0.05) is 53.6 Å². The van der Waals surface area contributed by atoms with E-state index < -0.39 is 63.5 Å². The van der Waals surface area contributed by atoms with Gasteiger partial charge in [-0.2, -0.15) is 0 Å². The lowest BCUT2D eigenvalue weighted by atomic mass is 9.49. The number of fused-ring (bicyclic) bond motifs is 3. The highest BCUT2D eigenvalue weighted by molar-refractivity contribution is 6.20. The van der Waals surface area contributed by atoms with Crippen molar-refractivity contribution in [3.63, 3.8) is 0 Å². The van der Waals surface area contributed by atoms with Crippen LogP contribution in [0.3, 0.4) is 0 Å². The topological polar surface area (TPSA) is 149 Å². The Kier molecular flexibility index (Phi) is 6.28. The van der Waals surface area contributed by atoms with Crippen molar-refractivity contribution in [2.75, 3.05) is 7.11 Å². The molecule has 3 aliphatic carbocycles. The van der Waals surface area contributed by atoms with Crippen molar-refractivity contribution in [2.45, 2.75) is 108 Å². The number of rotatable bonds is 7. The number of carboxylic acid groups (broad SMARTS) is 1. The molecule has 0 amide bonds. The summed E-state index contributed by atoms with van der Waals surface area (Å²) in [5.41, 5.74) is -5.32. The zero-order chi connectivity index (χ0) is 32.5. The Bertz CT molecular complexity index is 1630. The van der Waals surface area contributed by atoms with Crippen molar-refractivity contribution in [3.05, 3.63) is 52.1 Å². The summed E-state index contributed by atoms with van der Waals surface area (Å²) in [6, 6.07) is 0. The minimum atomic E-state index is -1.81. The van der Waals surface area contributed by atoms with E-state index in [-0.39, 0.29) is 53.0 Å². The predicted octanol–water partition coefficient (Wildman–Crippen LogP) is 4.13.